The van der Waals surface area contributed by atoms with E-state index >= 15 is 0 Å². The zero-order chi connectivity index (χ0) is 15.1. The van der Waals surface area contributed by atoms with E-state index < -0.39 is 0 Å². The van der Waals surface area contributed by atoms with Gasteiger partial charge in [0.25, 0.3) is 0 Å². The van der Waals surface area contributed by atoms with Crippen LogP contribution in [0.4, 0.5) is 11.4 Å². The summed E-state index contributed by atoms with van der Waals surface area (Å²) in [5.41, 5.74) is 0.566. The molecule has 6 heteroatoms. The van der Waals surface area contributed by atoms with E-state index in [1.807, 2.05) is 6.92 Å². The lowest BCUT2D eigenvalue weighted by molar-refractivity contribution is -0.384. The minimum atomic E-state index is -0.379. The van der Waals surface area contributed by atoms with Gasteiger partial charge in [-0.05, 0) is 57.3 Å². The molecule has 6 nitrogen and oxygen atoms in total. The van der Waals surface area contributed by atoms with Gasteiger partial charge in [-0.1, -0.05) is 6.07 Å². The maximum Gasteiger partial charge on any atom is 0.333 e. The fraction of sp³-hybridized carbons (Fsp3) is 0.600. The SMILES string of the molecule is CCOc1cccc(NCCC2CCCNC2)c1[N+](=O)[O-]. The average molecular weight is 293 g/mol. The zero-order valence-corrected chi connectivity index (χ0v) is 12.4. The summed E-state index contributed by atoms with van der Waals surface area (Å²) in [6.07, 6.45) is 3.46. The Bertz CT molecular complexity index is 473. The number of hydrogen-bond donors (Lipinski definition) is 2. The van der Waals surface area contributed by atoms with Crippen molar-refractivity contribution in [2.75, 3.05) is 31.6 Å². The molecule has 1 aromatic carbocycles. The lowest BCUT2D eigenvalue weighted by Crippen LogP contribution is -2.30. The van der Waals surface area contributed by atoms with E-state index in [2.05, 4.69) is 10.6 Å². The van der Waals surface area contributed by atoms with Gasteiger partial charge in [-0.2, -0.15) is 0 Å². The molecule has 1 saturated heterocycles. The molecule has 1 aromatic rings. The second kappa shape index (κ2) is 7.83. The lowest BCUT2D eigenvalue weighted by Gasteiger charge is -2.22. The molecule has 1 aliphatic heterocycles. The predicted octanol–water partition coefficient (Wildman–Crippen LogP) is 2.80. The van der Waals surface area contributed by atoms with E-state index in [1.165, 1.54) is 12.8 Å². The van der Waals surface area contributed by atoms with Crippen molar-refractivity contribution in [2.24, 2.45) is 5.92 Å². The minimum absolute atomic E-state index is 0.0288. The van der Waals surface area contributed by atoms with Gasteiger partial charge < -0.3 is 15.4 Å². The summed E-state index contributed by atoms with van der Waals surface area (Å²) in [5.74, 6) is 0.979. The number of hydrogen-bond acceptors (Lipinski definition) is 5. The Morgan fingerprint density at radius 3 is 3.05 bits per heavy atom. The summed E-state index contributed by atoms with van der Waals surface area (Å²) < 4.78 is 5.34. The fourth-order valence-corrected chi connectivity index (χ4v) is 2.71. The Balaban J connectivity index is 1.98. The molecule has 0 spiro atoms. The second-order valence-electron chi connectivity index (χ2n) is 5.27. The number of benzene rings is 1. The van der Waals surface area contributed by atoms with Crippen LogP contribution in [0.25, 0.3) is 0 Å². The third-order valence-electron chi connectivity index (χ3n) is 3.75. The summed E-state index contributed by atoms with van der Waals surface area (Å²) in [7, 11) is 0. The van der Waals surface area contributed by atoms with Gasteiger partial charge in [0.1, 0.15) is 5.69 Å². The molecule has 1 unspecified atom stereocenters. The maximum absolute atomic E-state index is 11.3. The molecule has 0 aliphatic carbocycles. The quantitative estimate of drug-likeness (QED) is 0.597. The highest BCUT2D eigenvalue weighted by Gasteiger charge is 2.21. The van der Waals surface area contributed by atoms with Gasteiger partial charge in [0.2, 0.25) is 0 Å². The molecule has 1 atom stereocenters. The van der Waals surface area contributed by atoms with Crippen LogP contribution < -0.4 is 15.4 Å². The normalized spacial score (nSPS) is 18.2. The predicted molar refractivity (Wildman–Crippen MR) is 83.0 cm³/mol. The number of ether oxygens (including phenoxy) is 1. The smallest absolute Gasteiger partial charge is 0.333 e. The molecule has 116 valence electrons. The number of nitrogens with zero attached hydrogens (tertiary/aromatic N) is 1. The highest BCUT2D eigenvalue weighted by molar-refractivity contribution is 5.68. The molecule has 0 saturated carbocycles. The summed E-state index contributed by atoms with van der Waals surface area (Å²) in [4.78, 5) is 10.9. The first-order chi connectivity index (χ1) is 10.2. The second-order valence-corrected chi connectivity index (χ2v) is 5.27. The molecule has 2 rings (SSSR count). The van der Waals surface area contributed by atoms with Crippen molar-refractivity contribution in [3.8, 4) is 5.75 Å². The average Bonchev–Trinajstić information content (AvgIpc) is 2.48. The van der Waals surface area contributed by atoms with E-state index in [-0.39, 0.29) is 10.6 Å². The van der Waals surface area contributed by atoms with Gasteiger partial charge in [-0.3, -0.25) is 10.1 Å². The highest BCUT2D eigenvalue weighted by Crippen LogP contribution is 2.34. The van der Waals surface area contributed by atoms with Gasteiger partial charge in [-0.25, -0.2) is 0 Å². The first-order valence-electron chi connectivity index (χ1n) is 7.57. The topological polar surface area (TPSA) is 76.4 Å². The minimum Gasteiger partial charge on any atom is -0.487 e. The van der Waals surface area contributed by atoms with Gasteiger partial charge in [0.05, 0.1) is 11.5 Å². The van der Waals surface area contributed by atoms with Crippen LogP contribution in [-0.4, -0.2) is 31.2 Å². The summed E-state index contributed by atoms with van der Waals surface area (Å²) in [6, 6.07) is 5.15. The molecule has 0 bridgehead atoms. The van der Waals surface area contributed by atoms with E-state index in [0.29, 0.717) is 24.0 Å². The van der Waals surface area contributed by atoms with E-state index in [1.54, 1.807) is 18.2 Å². The number of nitro benzene ring substituents is 1. The third kappa shape index (κ3) is 4.32. The zero-order valence-electron chi connectivity index (χ0n) is 12.4. The monoisotopic (exact) mass is 293 g/mol. The highest BCUT2D eigenvalue weighted by atomic mass is 16.6. The lowest BCUT2D eigenvalue weighted by atomic mass is 9.96. The van der Waals surface area contributed by atoms with Crippen molar-refractivity contribution in [3.63, 3.8) is 0 Å². The Morgan fingerprint density at radius 2 is 2.38 bits per heavy atom. The standard InChI is InChI=1S/C15H23N3O3/c1-2-21-14-7-3-6-13(15(14)18(19)20)17-10-8-12-5-4-9-16-11-12/h3,6-7,12,16-17H,2,4-5,8-11H2,1H3. The van der Waals surface area contributed by atoms with Crippen molar-refractivity contribution >= 4 is 11.4 Å². The number of para-hydroxylation sites is 1. The number of piperidine rings is 1. The van der Waals surface area contributed by atoms with E-state index in [0.717, 1.165) is 26.1 Å². The van der Waals surface area contributed by atoms with Gasteiger partial charge in [0, 0.05) is 6.54 Å². The largest absolute Gasteiger partial charge is 0.487 e. The van der Waals surface area contributed by atoms with Crippen molar-refractivity contribution in [1.82, 2.24) is 5.32 Å². The molecule has 2 N–H and O–H groups in total. The van der Waals surface area contributed by atoms with Crippen LogP contribution in [0.1, 0.15) is 26.2 Å². The van der Waals surface area contributed by atoms with Crippen molar-refractivity contribution in [3.05, 3.63) is 28.3 Å². The number of nitro groups is 1. The van der Waals surface area contributed by atoms with Crippen LogP contribution in [0.15, 0.2) is 18.2 Å². The van der Waals surface area contributed by atoms with Crippen LogP contribution in [-0.2, 0) is 0 Å². The summed E-state index contributed by atoms with van der Waals surface area (Å²) in [6.45, 7) is 5.12. The van der Waals surface area contributed by atoms with Crippen molar-refractivity contribution < 1.29 is 9.66 Å². The molecular formula is C15H23N3O3. The van der Waals surface area contributed by atoms with Gasteiger partial charge in [-0.15, -0.1) is 0 Å². The molecular weight excluding hydrogens is 270 g/mol. The van der Waals surface area contributed by atoms with Gasteiger partial charge >= 0.3 is 5.69 Å². The Morgan fingerprint density at radius 1 is 1.52 bits per heavy atom. The van der Waals surface area contributed by atoms with E-state index in [4.69, 9.17) is 4.74 Å². The summed E-state index contributed by atoms with van der Waals surface area (Å²) >= 11 is 0. The maximum atomic E-state index is 11.3. The molecule has 0 aromatic heterocycles. The third-order valence-corrected chi connectivity index (χ3v) is 3.75. The van der Waals surface area contributed by atoms with Crippen LogP contribution >= 0.6 is 0 Å². The molecule has 0 radical (unpaired) electrons. The molecule has 1 fully saturated rings. The molecule has 1 heterocycles. The van der Waals surface area contributed by atoms with Crippen molar-refractivity contribution in [2.45, 2.75) is 26.2 Å². The molecule has 21 heavy (non-hydrogen) atoms. The van der Waals surface area contributed by atoms with Crippen molar-refractivity contribution in [1.29, 1.82) is 0 Å². The Hall–Kier alpha value is -1.82. The fourth-order valence-electron chi connectivity index (χ4n) is 2.71. The van der Waals surface area contributed by atoms with Gasteiger partial charge in [0.15, 0.2) is 5.75 Å². The number of anilines is 1. The van der Waals surface area contributed by atoms with Crippen LogP contribution in [0.5, 0.6) is 5.75 Å². The van der Waals surface area contributed by atoms with Crippen LogP contribution in [0.3, 0.4) is 0 Å². The first kappa shape index (κ1) is 15.6. The van der Waals surface area contributed by atoms with Crippen LogP contribution in [0, 0.1) is 16.0 Å². The molecule has 0 amide bonds. The Labute approximate surface area is 125 Å². The first-order valence-corrected chi connectivity index (χ1v) is 7.57. The number of rotatable bonds is 7. The van der Waals surface area contributed by atoms with Crippen LogP contribution in [0.2, 0.25) is 0 Å². The number of nitrogens with one attached hydrogen (secondary N) is 2. The summed E-state index contributed by atoms with van der Waals surface area (Å²) in [5, 5.41) is 17.8. The molecule has 1 aliphatic rings. The van der Waals surface area contributed by atoms with E-state index in [9.17, 15) is 10.1 Å². The Kier molecular flexibility index (Phi) is 5.80.